The maximum absolute atomic E-state index is 13.9. The highest BCUT2D eigenvalue weighted by Gasteiger charge is 2.28. The van der Waals surface area contributed by atoms with Crippen molar-refractivity contribution in [3.63, 3.8) is 0 Å². The summed E-state index contributed by atoms with van der Waals surface area (Å²) in [6.07, 6.45) is 1.35. The number of rotatable bonds is 4. The molecule has 0 spiro atoms. The van der Waals surface area contributed by atoms with Crippen LogP contribution in [0.4, 0.5) is 4.39 Å². The van der Waals surface area contributed by atoms with Crippen molar-refractivity contribution in [3.05, 3.63) is 95.0 Å². The van der Waals surface area contributed by atoms with Crippen LogP contribution in [0.1, 0.15) is 26.3 Å². The van der Waals surface area contributed by atoms with Gasteiger partial charge in [0.05, 0.1) is 12.7 Å². The Balaban J connectivity index is 1.58. The second kappa shape index (κ2) is 7.59. The first-order valence-electron chi connectivity index (χ1n) is 8.75. The Morgan fingerprint density at radius 3 is 2.59 bits per heavy atom. The number of carbonyl (C=O) groups excluding carboxylic acids is 2. The molecule has 5 nitrogen and oxygen atoms in total. The van der Waals surface area contributed by atoms with Gasteiger partial charge >= 0.3 is 5.97 Å². The van der Waals surface area contributed by atoms with E-state index in [1.807, 2.05) is 0 Å². The average Bonchev–Trinajstić information content (AvgIpc) is 3.04. The Morgan fingerprint density at radius 2 is 1.79 bits per heavy atom. The zero-order valence-electron chi connectivity index (χ0n) is 15.3. The third kappa shape index (κ3) is 3.60. The van der Waals surface area contributed by atoms with Crippen molar-refractivity contribution in [1.82, 2.24) is 0 Å². The van der Waals surface area contributed by atoms with E-state index in [2.05, 4.69) is 0 Å². The predicted molar refractivity (Wildman–Crippen MR) is 104 cm³/mol. The summed E-state index contributed by atoms with van der Waals surface area (Å²) in [7, 11) is 1.46. The van der Waals surface area contributed by atoms with Gasteiger partial charge in [0.25, 0.3) is 0 Å². The van der Waals surface area contributed by atoms with Gasteiger partial charge in [-0.05, 0) is 36.4 Å². The number of benzene rings is 3. The van der Waals surface area contributed by atoms with E-state index >= 15 is 0 Å². The molecule has 3 aromatic rings. The van der Waals surface area contributed by atoms with Gasteiger partial charge in [-0.25, -0.2) is 9.18 Å². The topological polar surface area (TPSA) is 61.8 Å². The van der Waals surface area contributed by atoms with Crippen molar-refractivity contribution in [2.24, 2.45) is 0 Å². The van der Waals surface area contributed by atoms with Crippen molar-refractivity contribution < 1.29 is 28.2 Å². The molecule has 29 heavy (non-hydrogen) atoms. The van der Waals surface area contributed by atoms with Gasteiger partial charge in [0.2, 0.25) is 5.78 Å². The van der Waals surface area contributed by atoms with Crippen LogP contribution in [0.2, 0.25) is 0 Å². The molecule has 0 aromatic heterocycles. The molecule has 3 aromatic carbocycles. The summed E-state index contributed by atoms with van der Waals surface area (Å²) in [4.78, 5) is 24.9. The first-order chi connectivity index (χ1) is 14.1. The molecule has 6 heteroatoms. The van der Waals surface area contributed by atoms with Crippen molar-refractivity contribution in [3.8, 4) is 17.2 Å². The number of Topliss-reactive ketones (excluding diaryl/α,β-unsaturated/α-hetero) is 1. The zero-order valence-corrected chi connectivity index (χ0v) is 15.3. The van der Waals surface area contributed by atoms with Gasteiger partial charge in [-0.15, -0.1) is 0 Å². The smallest absolute Gasteiger partial charge is 0.347 e. The lowest BCUT2D eigenvalue weighted by atomic mass is 10.1. The van der Waals surface area contributed by atoms with Crippen molar-refractivity contribution in [2.45, 2.75) is 0 Å². The van der Waals surface area contributed by atoms with Gasteiger partial charge < -0.3 is 14.2 Å². The van der Waals surface area contributed by atoms with Gasteiger partial charge in [-0.1, -0.05) is 30.3 Å². The van der Waals surface area contributed by atoms with Crippen LogP contribution in [0.3, 0.4) is 0 Å². The molecule has 0 amide bonds. The van der Waals surface area contributed by atoms with Gasteiger partial charge in [0.1, 0.15) is 28.6 Å². The molecule has 0 fully saturated rings. The van der Waals surface area contributed by atoms with Crippen LogP contribution in [-0.2, 0) is 0 Å². The van der Waals surface area contributed by atoms with E-state index < -0.39 is 11.8 Å². The quantitative estimate of drug-likeness (QED) is 0.368. The number of hydrogen-bond acceptors (Lipinski definition) is 5. The minimum atomic E-state index is -0.603. The lowest BCUT2D eigenvalue weighted by Crippen LogP contribution is -2.10. The predicted octanol–water partition coefficient (Wildman–Crippen LogP) is 4.67. The van der Waals surface area contributed by atoms with E-state index in [1.54, 1.807) is 42.5 Å². The number of hydrogen-bond donors (Lipinski definition) is 0. The molecule has 0 saturated carbocycles. The Kier molecular flexibility index (Phi) is 4.83. The number of allylic oxidation sites excluding steroid dienone is 1. The number of halogens is 1. The van der Waals surface area contributed by atoms with Gasteiger partial charge in [-0.2, -0.15) is 0 Å². The molecular weight excluding hydrogens is 375 g/mol. The number of ketones is 1. The number of para-hydroxylation sites is 1. The fourth-order valence-corrected chi connectivity index (χ4v) is 2.94. The Hall–Kier alpha value is -3.93. The molecule has 0 N–H and O–H groups in total. The highest BCUT2D eigenvalue weighted by atomic mass is 19.1. The largest absolute Gasteiger partial charge is 0.496 e. The third-order valence-corrected chi connectivity index (χ3v) is 4.37. The van der Waals surface area contributed by atoms with Gasteiger partial charge in [-0.3, -0.25) is 4.79 Å². The highest BCUT2D eigenvalue weighted by Crippen LogP contribution is 2.35. The van der Waals surface area contributed by atoms with Crippen LogP contribution in [0.5, 0.6) is 17.2 Å². The molecule has 0 atom stereocenters. The minimum Gasteiger partial charge on any atom is -0.496 e. The van der Waals surface area contributed by atoms with Crippen molar-refractivity contribution >= 4 is 17.8 Å². The molecule has 0 saturated heterocycles. The zero-order chi connectivity index (χ0) is 20.4. The van der Waals surface area contributed by atoms with E-state index in [0.29, 0.717) is 11.3 Å². The van der Waals surface area contributed by atoms with Gasteiger partial charge in [0, 0.05) is 11.6 Å². The van der Waals surface area contributed by atoms with Crippen LogP contribution in [-0.4, -0.2) is 18.9 Å². The van der Waals surface area contributed by atoms with E-state index in [1.165, 1.54) is 37.5 Å². The van der Waals surface area contributed by atoms with Crippen LogP contribution in [0.15, 0.2) is 72.5 Å². The summed E-state index contributed by atoms with van der Waals surface area (Å²) in [5.41, 5.74) is 0.823. The molecule has 0 unspecified atom stereocenters. The molecule has 0 radical (unpaired) electrons. The van der Waals surface area contributed by atoms with Crippen LogP contribution in [0, 0.1) is 5.82 Å². The fourth-order valence-electron chi connectivity index (χ4n) is 2.94. The second-order valence-electron chi connectivity index (χ2n) is 6.21. The first kappa shape index (κ1) is 18.4. The van der Waals surface area contributed by atoms with E-state index in [0.717, 1.165) is 0 Å². The summed E-state index contributed by atoms with van der Waals surface area (Å²) in [5, 5.41) is 0. The van der Waals surface area contributed by atoms with Crippen LogP contribution < -0.4 is 14.2 Å². The lowest BCUT2D eigenvalue weighted by Gasteiger charge is -2.08. The van der Waals surface area contributed by atoms with Crippen molar-refractivity contribution in [1.29, 1.82) is 0 Å². The molecule has 1 aliphatic heterocycles. The Labute approximate surface area is 166 Å². The van der Waals surface area contributed by atoms with Crippen LogP contribution >= 0.6 is 0 Å². The summed E-state index contributed by atoms with van der Waals surface area (Å²) in [6.45, 7) is 0. The molecule has 0 bridgehead atoms. The average molecular weight is 390 g/mol. The Morgan fingerprint density at radius 1 is 1.03 bits per heavy atom. The second-order valence-corrected chi connectivity index (χ2v) is 6.21. The molecule has 4 rings (SSSR count). The number of methoxy groups -OCH3 is 1. The summed E-state index contributed by atoms with van der Waals surface area (Å²) in [6, 6.07) is 17.2. The first-order valence-corrected chi connectivity index (χ1v) is 8.75. The van der Waals surface area contributed by atoms with Gasteiger partial charge in [0.15, 0.2) is 5.76 Å². The fraction of sp³-hybridized carbons (Fsp3) is 0.0435. The lowest BCUT2D eigenvalue weighted by molar-refractivity contribution is 0.0731. The van der Waals surface area contributed by atoms with E-state index in [4.69, 9.17) is 14.2 Å². The summed E-state index contributed by atoms with van der Waals surface area (Å²) in [5.74, 6) is -0.598. The maximum Gasteiger partial charge on any atom is 0.347 e. The van der Waals surface area contributed by atoms with Crippen molar-refractivity contribution in [2.75, 3.05) is 7.11 Å². The minimum absolute atomic E-state index is 0.00157. The Bertz CT molecular complexity index is 1150. The van der Waals surface area contributed by atoms with Crippen LogP contribution in [0.25, 0.3) is 6.08 Å². The molecule has 0 aliphatic carbocycles. The SMILES string of the molecule is COc1ccccc1C(=O)Oc1ccc2c(c1)O/C(=C/c1ccccc1F)C2=O. The molecule has 1 aliphatic rings. The normalized spacial score (nSPS) is 13.7. The standard InChI is InChI=1S/C23H15FO5/c1-27-19-9-5-3-7-17(19)23(26)28-15-10-11-16-20(13-15)29-21(22(16)25)12-14-6-2-4-8-18(14)24/h2-13H,1H3/b21-12+. The summed E-state index contributed by atoms with van der Waals surface area (Å²) < 4.78 is 30.0. The number of fused-ring (bicyclic) bond motifs is 1. The highest BCUT2D eigenvalue weighted by molar-refractivity contribution is 6.14. The number of esters is 1. The number of carbonyl (C=O) groups is 2. The molecule has 1 heterocycles. The van der Waals surface area contributed by atoms with E-state index in [9.17, 15) is 14.0 Å². The number of ether oxygens (including phenoxy) is 3. The molecular formula is C23H15FO5. The molecule has 144 valence electrons. The maximum atomic E-state index is 13.9. The van der Waals surface area contributed by atoms with E-state index in [-0.39, 0.29) is 34.2 Å². The summed E-state index contributed by atoms with van der Waals surface area (Å²) >= 11 is 0. The third-order valence-electron chi connectivity index (χ3n) is 4.37. The monoisotopic (exact) mass is 390 g/mol.